The molecule has 2 rings (SSSR count). The van der Waals surface area contributed by atoms with Crippen molar-refractivity contribution in [2.45, 2.75) is 26.8 Å². The first-order valence-corrected chi connectivity index (χ1v) is 6.68. The van der Waals surface area contributed by atoms with Gasteiger partial charge in [-0.15, -0.1) is 0 Å². The number of anilines is 1. The summed E-state index contributed by atoms with van der Waals surface area (Å²) in [5.74, 6) is 0.103. The number of nitrogens with two attached hydrogens (primary N) is 1. The molecular formula is C14H23N5. The molecule has 1 aliphatic rings. The Morgan fingerprint density at radius 3 is 2.68 bits per heavy atom. The number of hydrogen-bond acceptors (Lipinski definition) is 4. The Hall–Kier alpha value is -1.62. The lowest BCUT2D eigenvalue weighted by Gasteiger charge is -2.40. The highest BCUT2D eigenvalue weighted by Crippen LogP contribution is 2.27. The minimum atomic E-state index is 0.103. The quantitative estimate of drug-likeness (QED) is 0.618. The number of piperazine rings is 1. The van der Waals surface area contributed by atoms with Crippen molar-refractivity contribution in [1.29, 1.82) is 5.41 Å². The van der Waals surface area contributed by atoms with Gasteiger partial charge in [0, 0.05) is 31.4 Å². The minimum absolute atomic E-state index is 0.103. The average molecular weight is 261 g/mol. The van der Waals surface area contributed by atoms with Gasteiger partial charge in [-0.25, -0.2) is 0 Å². The molecule has 2 heterocycles. The van der Waals surface area contributed by atoms with Gasteiger partial charge in [0.2, 0.25) is 0 Å². The van der Waals surface area contributed by atoms with Gasteiger partial charge in [0.1, 0.15) is 5.84 Å². The third kappa shape index (κ3) is 2.71. The highest BCUT2D eigenvalue weighted by atomic mass is 15.3. The molecule has 1 fully saturated rings. The van der Waals surface area contributed by atoms with Crippen LogP contribution in [-0.2, 0) is 0 Å². The molecule has 0 aliphatic carbocycles. The lowest BCUT2D eigenvalue weighted by Crippen LogP contribution is -2.51. The number of hydrogen-bond donors (Lipinski definition) is 2. The van der Waals surface area contributed by atoms with Crippen LogP contribution in [0.1, 0.15) is 23.9 Å². The Morgan fingerprint density at radius 1 is 1.42 bits per heavy atom. The van der Waals surface area contributed by atoms with Crippen molar-refractivity contribution in [3.63, 3.8) is 0 Å². The third-order valence-corrected chi connectivity index (χ3v) is 3.72. The summed E-state index contributed by atoms with van der Waals surface area (Å²) in [5, 5.41) is 7.81. The monoisotopic (exact) mass is 261 g/mol. The number of nitrogens with zero attached hydrogens (tertiary/aromatic N) is 3. The van der Waals surface area contributed by atoms with Crippen LogP contribution in [0.15, 0.2) is 6.07 Å². The first-order chi connectivity index (χ1) is 8.90. The zero-order valence-corrected chi connectivity index (χ0v) is 12.2. The first-order valence-electron chi connectivity index (χ1n) is 6.68. The third-order valence-electron chi connectivity index (χ3n) is 3.72. The second-order valence-corrected chi connectivity index (χ2v) is 5.46. The summed E-state index contributed by atoms with van der Waals surface area (Å²) in [6.07, 6.45) is 0. The predicted molar refractivity (Wildman–Crippen MR) is 79.0 cm³/mol. The molecule has 3 N–H and O–H groups in total. The number of aryl methyl sites for hydroxylation is 2. The van der Waals surface area contributed by atoms with E-state index in [1.807, 2.05) is 19.9 Å². The highest BCUT2D eigenvalue weighted by molar-refractivity contribution is 6.01. The van der Waals surface area contributed by atoms with Crippen LogP contribution in [0.25, 0.3) is 0 Å². The van der Waals surface area contributed by atoms with Crippen LogP contribution in [-0.4, -0.2) is 48.4 Å². The predicted octanol–water partition coefficient (Wildman–Crippen LogP) is 1.12. The van der Waals surface area contributed by atoms with Crippen LogP contribution in [0.4, 0.5) is 5.69 Å². The molecule has 1 unspecified atom stereocenters. The van der Waals surface area contributed by atoms with Crippen LogP contribution in [0.3, 0.4) is 0 Å². The van der Waals surface area contributed by atoms with Crippen molar-refractivity contribution in [2.75, 3.05) is 31.6 Å². The van der Waals surface area contributed by atoms with Crippen LogP contribution < -0.4 is 10.6 Å². The molecule has 0 saturated carbocycles. The Bertz CT molecular complexity index is 497. The van der Waals surface area contributed by atoms with Gasteiger partial charge in [-0.2, -0.15) is 0 Å². The Kier molecular flexibility index (Phi) is 3.75. The molecule has 1 aliphatic heterocycles. The molecule has 1 atom stereocenters. The topological polar surface area (TPSA) is 69.2 Å². The molecule has 1 aromatic heterocycles. The molecule has 0 aromatic carbocycles. The number of rotatable bonds is 2. The second-order valence-electron chi connectivity index (χ2n) is 5.46. The van der Waals surface area contributed by atoms with E-state index in [2.05, 4.69) is 28.8 Å². The van der Waals surface area contributed by atoms with Crippen molar-refractivity contribution in [2.24, 2.45) is 5.73 Å². The summed E-state index contributed by atoms with van der Waals surface area (Å²) in [5.41, 5.74) is 9.40. The number of aromatic nitrogens is 1. The zero-order chi connectivity index (χ0) is 14.2. The largest absolute Gasteiger partial charge is 0.384 e. The van der Waals surface area contributed by atoms with E-state index in [9.17, 15) is 0 Å². The Labute approximate surface area is 114 Å². The SMILES string of the molecule is Cc1cc(N2CCN(C)CC2C)c(C(=N)N)c(C)n1. The maximum atomic E-state index is 7.81. The van der Waals surface area contributed by atoms with E-state index in [4.69, 9.17) is 11.1 Å². The van der Waals surface area contributed by atoms with Crippen LogP contribution in [0.5, 0.6) is 0 Å². The van der Waals surface area contributed by atoms with Crippen LogP contribution in [0.2, 0.25) is 0 Å². The van der Waals surface area contributed by atoms with Gasteiger partial charge in [0.15, 0.2) is 0 Å². The lowest BCUT2D eigenvalue weighted by atomic mass is 10.1. The minimum Gasteiger partial charge on any atom is -0.384 e. The van der Waals surface area contributed by atoms with E-state index in [0.717, 1.165) is 42.3 Å². The fourth-order valence-corrected chi connectivity index (χ4v) is 2.87. The van der Waals surface area contributed by atoms with E-state index < -0.39 is 0 Å². The van der Waals surface area contributed by atoms with Gasteiger partial charge in [0.05, 0.1) is 16.9 Å². The van der Waals surface area contributed by atoms with E-state index in [0.29, 0.717) is 6.04 Å². The van der Waals surface area contributed by atoms with E-state index in [1.165, 1.54) is 0 Å². The van der Waals surface area contributed by atoms with Gasteiger partial charge in [-0.05, 0) is 33.9 Å². The molecule has 5 heteroatoms. The lowest BCUT2D eigenvalue weighted by molar-refractivity contribution is 0.275. The summed E-state index contributed by atoms with van der Waals surface area (Å²) >= 11 is 0. The smallest absolute Gasteiger partial charge is 0.126 e. The average Bonchev–Trinajstić information content (AvgIpc) is 2.26. The number of amidine groups is 1. The van der Waals surface area contributed by atoms with Gasteiger partial charge in [0.25, 0.3) is 0 Å². The summed E-state index contributed by atoms with van der Waals surface area (Å²) in [6.45, 7) is 9.14. The summed E-state index contributed by atoms with van der Waals surface area (Å²) in [6, 6.07) is 2.46. The first kappa shape index (κ1) is 13.8. The van der Waals surface area contributed by atoms with Crippen molar-refractivity contribution >= 4 is 11.5 Å². The van der Waals surface area contributed by atoms with Gasteiger partial charge < -0.3 is 15.5 Å². The van der Waals surface area contributed by atoms with Crippen LogP contribution >= 0.6 is 0 Å². The normalized spacial score (nSPS) is 20.6. The fourth-order valence-electron chi connectivity index (χ4n) is 2.87. The summed E-state index contributed by atoms with van der Waals surface area (Å²) in [4.78, 5) is 9.11. The van der Waals surface area contributed by atoms with E-state index in [-0.39, 0.29) is 5.84 Å². The highest BCUT2D eigenvalue weighted by Gasteiger charge is 2.25. The summed E-state index contributed by atoms with van der Waals surface area (Å²) < 4.78 is 0. The molecule has 1 aromatic rings. The molecule has 104 valence electrons. The number of likely N-dealkylation sites (N-methyl/N-ethyl adjacent to an activating group) is 1. The molecule has 5 nitrogen and oxygen atoms in total. The number of nitrogen functional groups attached to an aromatic ring is 1. The Morgan fingerprint density at radius 2 is 2.11 bits per heavy atom. The summed E-state index contributed by atoms with van der Waals surface area (Å²) in [7, 11) is 2.14. The molecule has 1 saturated heterocycles. The van der Waals surface area contributed by atoms with Gasteiger partial charge in [-0.1, -0.05) is 0 Å². The molecular weight excluding hydrogens is 238 g/mol. The standard InChI is InChI=1S/C14H23N5/c1-9-7-12(13(14(15)16)11(3)17-9)19-6-5-18(4)8-10(19)2/h7,10H,5-6,8H2,1-4H3,(H3,15,16). The maximum absolute atomic E-state index is 7.81. The molecule has 19 heavy (non-hydrogen) atoms. The van der Waals surface area contributed by atoms with Crippen LogP contribution in [0, 0.1) is 19.3 Å². The van der Waals surface area contributed by atoms with E-state index >= 15 is 0 Å². The number of nitrogens with one attached hydrogen (secondary N) is 1. The zero-order valence-electron chi connectivity index (χ0n) is 12.2. The van der Waals surface area contributed by atoms with Gasteiger partial charge >= 0.3 is 0 Å². The fraction of sp³-hybridized carbons (Fsp3) is 0.571. The molecule has 0 amide bonds. The van der Waals surface area contributed by atoms with Crippen molar-refractivity contribution in [3.05, 3.63) is 23.0 Å². The van der Waals surface area contributed by atoms with Crippen molar-refractivity contribution in [3.8, 4) is 0 Å². The molecule has 0 radical (unpaired) electrons. The maximum Gasteiger partial charge on any atom is 0.126 e. The molecule has 0 bridgehead atoms. The van der Waals surface area contributed by atoms with Crippen molar-refractivity contribution in [1.82, 2.24) is 9.88 Å². The van der Waals surface area contributed by atoms with Gasteiger partial charge in [-0.3, -0.25) is 10.4 Å². The number of pyridine rings is 1. The van der Waals surface area contributed by atoms with E-state index in [1.54, 1.807) is 0 Å². The van der Waals surface area contributed by atoms with Crippen molar-refractivity contribution < 1.29 is 0 Å². The second kappa shape index (κ2) is 5.17. The Balaban J connectivity index is 2.46. The molecule has 0 spiro atoms.